The maximum atomic E-state index is 3.42. The molecule has 12 heavy (non-hydrogen) atoms. The average molecular weight is 192 g/mol. The molecule has 70 valence electrons. The molecule has 1 saturated heterocycles. The van der Waals surface area contributed by atoms with Crippen molar-refractivity contribution in [2.45, 2.75) is 0 Å². The predicted molar refractivity (Wildman–Crippen MR) is 49.4 cm³/mol. The Bertz CT molecular complexity index is 122. The van der Waals surface area contributed by atoms with Crippen LogP contribution in [-0.2, 0) is 0 Å². The smallest absolute Gasteiger partial charge is 0.0690 e. The van der Waals surface area contributed by atoms with Gasteiger partial charge < -0.3 is 10.6 Å². The highest BCUT2D eigenvalue weighted by molar-refractivity contribution is 5.85. The van der Waals surface area contributed by atoms with E-state index in [1.165, 1.54) is 0 Å². The largest absolute Gasteiger partial charge is 0.314 e. The Morgan fingerprint density at radius 1 is 1.00 bits per heavy atom. The molecule has 6 heteroatoms. The second-order valence-corrected chi connectivity index (χ2v) is 2.16. The zero-order valence-electron chi connectivity index (χ0n) is 6.79. The Labute approximate surface area is 77.7 Å². The van der Waals surface area contributed by atoms with E-state index in [0.717, 1.165) is 26.2 Å². The molecule has 1 aliphatic rings. The molecular formula is C6H14ClN5. The van der Waals surface area contributed by atoms with Gasteiger partial charge in [0.15, 0.2) is 0 Å². The van der Waals surface area contributed by atoms with E-state index in [4.69, 9.17) is 0 Å². The minimum Gasteiger partial charge on any atom is -0.314 e. The topological polar surface area (TPSA) is 65.6 Å². The van der Waals surface area contributed by atoms with E-state index < -0.39 is 0 Å². The molecule has 0 aliphatic carbocycles. The fourth-order valence-electron chi connectivity index (χ4n) is 0.770. The van der Waals surface area contributed by atoms with Crippen LogP contribution in [0.15, 0.2) is 12.4 Å². The van der Waals surface area contributed by atoms with Crippen LogP contribution in [0.4, 0.5) is 0 Å². The summed E-state index contributed by atoms with van der Waals surface area (Å²) in [4.78, 5) is 0. The molecule has 0 unspecified atom stereocenters. The summed E-state index contributed by atoms with van der Waals surface area (Å²) in [5, 5.41) is 15.7. The normalized spacial score (nSPS) is 15.3. The van der Waals surface area contributed by atoms with Crippen LogP contribution in [0.25, 0.3) is 0 Å². The number of rotatable bonds is 0. The number of H-pyrrole nitrogens is 1. The van der Waals surface area contributed by atoms with Gasteiger partial charge in [0, 0.05) is 32.4 Å². The summed E-state index contributed by atoms with van der Waals surface area (Å²) in [7, 11) is 0. The SMILES string of the molecule is C1CNCCN1.Cl.c1c[nH]nn1. The minimum absolute atomic E-state index is 0. The van der Waals surface area contributed by atoms with Crippen molar-refractivity contribution in [2.75, 3.05) is 26.2 Å². The van der Waals surface area contributed by atoms with Crippen molar-refractivity contribution < 1.29 is 0 Å². The molecule has 3 N–H and O–H groups in total. The third-order valence-electron chi connectivity index (χ3n) is 1.29. The van der Waals surface area contributed by atoms with Gasteiger partial charge in [0.1, 0.15) is 0 Å². The highest BCUT2D eigenvalue weighted by atomic mass is 35.5. The van der Waals surface area contributed by atoms with Crippen LogP contribution < -0.4 is 10.6 Å². The van der Waals surface area contributed by atoms with Crippen LogP contribution in [0.2, 0.25) is 0 Å². The zero-order chi connectivity index (χ0) is 7.78. The summed E-state index contributed by atoms with van der Waals surface area (Å²) < 4.78 is 0. The molecule has 2 heterocycles. The lowest BCUT2D eigenvalue weighted by Crippen LogP contribution is -2.39. The van der Waals surface area contributed by atoms with Gasteiger partial charge in [0.05, 0.1) is 6.20 Å². The molecule has 0 spiro atoms. The maximum absolute atomic E-state index is 3.42. The van der Waals surface area contributed by atoms with E-state index in [1.807, 2.05) is 0 Å². The average Bonchev–Trinajstić information content (AvgIpc) is 2.64. The molecule has 1 fully saturated rings. The number of hydrogen-bond acceptors (Lipinski definition) is 4. The first-order chi connectivity index (χ1) is 5.50. The standard InChI is InChI=1S/C4H10N2.C2H3N3.ClH/c1-2-6-4-3-5-1;1-2-4-5-3-1;/h5-6H,1-4H2;1-2H,(H,3,4,5);1H. The van der Waals surface area contributed by atoms with Crippen molar-refractivity contribution in [1.29, 1.82) is 0 Å². The summed E-state index contributed by atoms with van der Waals surface area (Å²) in [6.07, 6.45) is 3.24. The lowest BCUT2D eigenvalue weighted by atomic mass is 10.4. The van der Waals surface area contributed by atoms with Crippen molar-refractivity contribution in [3.8, 4) is 0 Å². The first-order valence-corrected chi connectivity index (χ1v) is 3.72. The molecule has 2 rings (SSSR count). The molecule has 0 aromatic carbocycles. The van der Waals surface area contributed by atoms with E-state index in [0.29, 0.717) is 0 Å². The number of halogens is 1. The number of hydrogen-bond donors (Lipinski definition) is 3. The predicted octanol–water partition coefficient (Wildman–Crippen LogP) is -0.594. The molecular weight excluding hydrogens is 178 g/mol. The zero-order valence-corrected chi connectivity index (χ0v) is 7.60. The lowest BCUT2D eigenvalue weighted by Gasteiger charge is -2.11. The highest BCUT2D eigenvalue weighted by Gasteiger charge is 1.91. The first-order valence-electron chi connectivity index (χ1n) is 3.72. The van der Waals surface area contributed by atoms with Gasteiger partial charge in [-0.05, 0) is 0 Å². The quantitative estimate of drug-likeness (QED) is 0.513. The summed E-state index contributed by atoms with van der Waals surface area (Å²) >= 11 is 0. The number of piperazine rings is 1. The summed E-state index contributed by atoms with van der Waals surface area (Å²) in [6.45, 7) is 4.56. The summed E-state index contributed by atoms with van der Waals surface area (Å²) in [6, 6.07) is 0. The van der Waals surface area contributed by atoms with E-state index in [2.05, 4.69) is 26.0 Å². The Kier molecular flexibility index (Phi) is 7.99. The van der Waals surface area contributed by atoms with Gasteiger partial charge in [-0.25, -0.2) is 0 Å². The molecule has 1 aromatic heterocycles. The molecule has 5 nitrogen and oxygen atoms in total. The fraction of sp³-hybridized carbons (Fsp3) is 0.667. The van der Waals surface area contributed by atoms with Crippen molar-refractivity contribution in [3.05, 3.63) is 12.4 Å². The van der Waals surface area contributed by atoms with Gasteiger partial charge in [-0.1, -0.05) is 5.21 Å². The highest BCUT2D eigenvalue weighted by Crippen LogP contribution is 1.65. The summed E-state index contributed by atoms with van der Waals surface area (Å²) in [5.74, 6) is 0. The molecule has 0 atom stereocenters. The van der Waals surface area contributed by atoms with Crippen LogP contribution in [0, 0.1) is 0 Å². The molecule has 0 amide bonds. The van der Waals surface area contributed by atoms with Gasteiger partial charge in [-0.15, -0.1) is 17.5 Å². The second kappa shape index (κ2) is 8.45. The van der Waals surface area contributed by atoms with E-state index in [1.54, 1.807) is 12.4 Å². The summed E-state index contributed by atoms with van der Waals surface area (Å²) in [5.41, 5.74) is 0. The molecule has 1 aliphatic heterocycles. The van der Waals surface area contributed by atoms with Gasteiger partial charge in [0.25, 0.3) is 0 Å². The maximum Gasteiger partial charge on any atom is 0.0690 e. The third-order valence-corrected chi connectivity index (χ3v) is 1.29. The first kappa shape index (κ1) is 11.4. The van der Waals surface area contributed by atoms with Crippen LogP contribution in [0.5, 0.6) is 0 Å². The van der Waals surface area contributed by atoms with Gasteiger partial charge in [-0.3, -0.25) is 5.10 Å². The van der Waals surface area contributed by atoms with Crippen LogP contribution in [0.1, 0.15) is 0 Å². The Morgan fingerprint density at radius 2 is 1.58 bits per heavy atom. The lowest BCUT2D eigenvalue weighted by molar-refractivity contribution is 0.534. The molecule has 0 radical (unpaired) electrons. The van der Waals surface area contributed by atoms with Gasteiger partial charge in [0.2, 0.25) is 0 Å². The number of nitrogens with zero attached hydrogens (tertiary/aromatic N) is 2. The number of aromatic nitrogens is 3. The Balaban J connectivity index is 0.000000189. The minimum atomic E-state index is 0. The third kappa shape index (κ3) is 6.09. The van der Waals surface area contributed by atoms with E-state index >= 15 is 0 Å². The van der Waals surface area contributed by atoms with Crippen molar-refractivity contribution in [2.24, 2.45) is 0 Å². The van der Waals surface area contributed by atoms with Crippen molar-refractivity contribution in [1.82, 2.24) is 26.0 Å². The second-order valence-electron chi connectivity index (χ2n) is 2.16. The number of aromatic amines is 1. The molecule has 1 aromatic rings. The fourth-order valence-corrected chi connectivity index (χ4v) is 0.770. The van der Waals surface area contributed by atoms with Crippen LogP contribution in [0.3, 0.4) is 0 Å². The van der Waals surface area contributed by atoms with Crippen molar-refractivity contribution in [3.63, 3.8) is 0 Å². The van der Waals surface area contributed by atoms with Crippen LogP contribution >= 0.6 is 12.4 Å². The Morgan fingerprint density at radius 3 is 1.75 bits per heavy atom. The number of nitrogens with one attached hydrogen (secondary N) is 3. The van der Waals surface area contributed by atoms with Crippen molar-refractivity contribution >= 4 is 12.4 Å². The van der Waals surface area contributed by atoms with E-state index in [9.17, 15) is 0 Å². The molecule has 0 bridgehead atoms. The van der Waals surface area contributed by atoms with Gasteiger partial charge in [-0.2, -0.15) is 0 Å². The monoisotopic (exact) mass is 191 g/mol. The van der Waals surface area contributed by atoms with Gasteiger partial charge >= 0.3 is 0 Å². The van der Waals surface area contributed by atoms with E-state index in [-0.39, 0.29) is 12.4 Å². The van der Waals surface area contributed by atoms with Crippen LogP contribution in [-0.4, -0.2) is 41.6 Å². The Hall–Kier alpha value is -0.650. The molecule has 0 saturated carbocycles.